The number of carbonyl (C=O) groups is 1. The van der Waals surface area contributed by atoms with Crippen molar-refractivity contribution in [2.75, 3.05) is 16.8 Å². The number of hydrogen-bond donors (Lipinski definition) is 1. The maximum atomic E-state index is 13.5. The topological polar surface area (TPSA) is 67.4 Å². The van der Waals surface area contributed by atoms with Crippen LogP contribution in [0.3, 0.4) is 0 Å². The summed E-state index contributed by atoms with van der Waals surface area (Å²) in [7, 11) is 0. The summed E-state index contributed by atoms with van der Waals surface area (Å²) in [4.78, 5) is 24.7. The summed E-state index contributed by atoms with van der Waals surface area (Å²) in [5, 5.41) is 5.66. The van der Waals surface area contributed by atoms with E-state index in [0.717, 1.165) is 47.4 Å². The van der Waals surface area contributed by atoms with Crippen LogP contribution in [0, 0.1) is 11.8 Å². The van der Waals surface area contributed by atoms with Crippen LogP contribution in [0.5, 0.6) is 0 Å². The van der Waals surface area contributed by atoms with Crippen molar-refractivity contribution in [1.82, 2.24) is 9.97 Å². The van der Waals surface area contributed by atoms with Crippen LogP contribution in [0.1, 0.15) is 66.3 Å². The lowest BCUT2D eigenvalue weighted by Gasteiger charge is -2.28. The smallest absolute Gasteiger partial charge is 0.416 e. The van der Waals surface area contributed by atoms with Gasteiger partial charge < -0.3 is 10.1 Å². The molecule has 6 heteroatoms. The van der Waals surface area contributed by atoms with E-state index in [1.807, 2.05) is 45.0 Å². The number of fused-ring (bicyclic) bond motifs is 1. The van der Waals surface area contributed by atoms with E-state index in [-0.39, 0.29) is 0 Å². The number of carbonyl (C=O) groups excluding carboxylic acids is 1. The number of aryl methyl sites for hydroxylation is 1. The van der Waals surface area contributed by atoms with Gasteiger partial charge in [-0.25, -0.2) is 14.8 Å². The minimum Gasteiger partial charge on any atom is -0.443 e. The standard InChI is InChI=1S/C29H40N4O2/c1-20(2)15-16-25-31-26(30-18-21(3)4)17-27(32-25)33(28(34)35-29(5,6)7)19-23-13-10-12-22-11-8-9-14-24(22)23/h8-14,17,20-21H,15-16,18-19H2,1-7H3,(H,30,31,32). The number of hydrogen-bond acceptors (Lipinski definition) is 5. The largest absolute Gasteiger partial charge is 0.443 e. The number of aromatic nitrogens is 2. The van der Waals surface area contributed by atoms with Gasteiger partial charge in [-0.1, -0.05) is 70.2 Å². The summed E-state index contributed by atoms with van der Waals surface area (Å²) in [5.41, 5.74) is 0.410. The van der Waals surface area contributed by atoms with Gasteiger partial charge in [-0.3, -0.25) is 4.90 Å². The van der Waals surface area contributed by atoms with E-state index in [2.05, 4.69) is 57.3 Å². The third kappa shape index (κ3) is 7.94. The van der Waals surface area contributed by atoms with Crippen molar-refractivity contribution in [3.05, 3.63) is 59.9 Å². The first-order valence-electron chi connectivity index (χ1n) is 12.6. The lowest BCUT2D eigenvalue weighted by atomic mass is 10.0. The fourth-order valence-corrected chi connectivity index (χ4v) is 3.71. The molecule has 0 radical (unpaired) electrons. The Balaban J connectivity index is 2.05. The number of benzene rings is 2. The lowest BCUT2D eigenvalue weighted by Crippen LogP contribution is -2.37. The average Bonchev–Trinajstić information content (AvgIpc) is 2.78. The number of amides is 1. The Kier molecular flexibility index (Phi) is 8.71. The van der Waals surface area contributed by atoms with Crippen molar-refractivity contribution in [3.63, 3.8) is 0 Å². The van der Waals surface area contributed by atoms with Crippen LogP contribution in [-0.2, 0) is 17.7 Å². The van der Waals surface area contributed by atoms with Gasteiger partial charge in [-0.05, 0) is 55.4 Å². The van der Waals surface area contributed by atoms with Gasteiger partial charge in [0.1, 0.15) is 23.1 Å². The summed E-state index contributed by atoms with van der Waals surface area (Å²) in [6.45, 7) is 15.5. The lowest BCUT2D eigenvalue weighted by molar-refractivity contribution is 0.0576. The monoisotopic (exact) mass is 476 g/mol. The predicted octanol–water partition coefficient (Wildman–Crippen LogP) is 7.23. The van der Waals surface area contributed by atoms with Crippen molar-refractivity contribution in [2.24, 2.45) is 11.8 Å². The van der Waals surface area contributed by atoms with Gasteiger partial charge in [0, 0.05) is 19.0 Å². The van der Waals surface area contributed by atoms with Gasteiger partial charge in [0.25, 0.3) is 0 Å². The number of nitrogens with one attached hydrogen (secondary N) is 1. The van der Waals surface area contributed by atoms with E-state index in [1.54, 1.807) is 4.90 Å². The Morgan fingerprint density at radius 3 is 2.40 bits per heavy atom. The highest BCUT2D eigenvalue weighted by Gasteiger charge is 2.26. The van der Waals surface area contributed by atoms with Crippen LogP contribution < -0.4 is 10.2 Å². The summed E-state index contributed by atoms with van der Waals surface area (Å²) in [6, 6.07) is 16.2. The number of rotatable bonds is 9. The molecular formula is C29H40N4O2. The molecule has 35 heavy (non-hydrogen) atoms. The molecule has 0 saturated carbocycles. The normalized spacial score (nSPS) is 11.8. The molecule has 1 amide bonds. The van der Waals surface area contributed by atoms with E-state index < -0.39 is 11.7 Å². The molecule has 3 aromatic rings. The van der Waals surface area contributed by atoms with Crippen LogP contribution in [0.4, 0.5) is 16.4 Å². The van der Waals surface area contributed by atoms with Gasteiger partial charge in [0.15, 0.2) is 0 Å². The average molecular weight is 477 g/mol. The van der Waals surface area contributed by atoms with Crippen LogP contribution in [0.25, 0.3) is 10.8 Å². The molecule has 0 fully saturated rings. The maximum Gasteiger partial charge on any atom is 0.416 e. The predicted molar refractivity (Wildman–Crippen MR) is 145 cm³/mol. The highest BCUT2D eigenvalue weighted by atomic mass is 16.6. The van der Waals surface area contributed by atoms with Gasteiger partial charge in [0.05, 0.1) is 6.54 Å². The first kappa shape index (κ1) is 26.5. The van der Waals surface area contributed by atoms with Gasteiger partial charge in [-0.2, -0.15) is 0 Å². The Labute approximate surface area is 210 Å². The second-order valence-electron chi connectivity index (χ2n) is 10.9. The molecule has 0 unspecified atom stereocenters. The van der Waals surface area contributed by atoms with E-state index in [9.17, 15) is 4.79 Å². The Bertz CT molecular complexity index is 1100. The van der Waals surface area contributed by atoms with E-state index in [1.165, 1.54) is 0 Å². The Morgan fingerprint density at radius 1 is 1.00 bits per heavy atom. The zero-order valence-corrected chi connectivity index (χ0v) is 22.3. The summed E-state index contributed by atoms with van der Waals surface area (Å²) >= 11 is 0. The fourth-order valence-electron chi connectivity index (χ4n) is 3.71. The first-order chi connectivity index (χ1) is 16.5. The third-order valence-electron chi connectivity index (χ3n) is 5.49. The molecule has 188 valence electrons. The van der Waals surface area contributed by atoms with Crippen molar-refractivity contribution >= 4 is 28.5 Å². The van der Waals surface area contributed by atoms with E-state index in [4.69, 9.17) is 14.7 Å². The zero-order valence-electron chi connectivity index (χ0n) is 22.3. The molecule has 0 aliphatic carbocycles. The van der Waals surface area contributed by atoms with E-state index in [0.29, 0.717) is 24.2 Å². The molecule has 3 rings (SSSR count). The fraction of sp³-hybridized carbons (Fsp3) is 0.483. The molecule has 1 aromatic heterocycles. The Hall–Kier alpha value is -3.15. The van der Waals surface area contributed by atoms with Gasteiger partial charge in [-0.15, -0.1) is 0 Å². The summed E-state index contributed by atoms with van der Waals surface area (Å²) < 4.78 is 5.82. The Morgan fingerprint density at radius 2 is 1.71 bits per heavy atom. The van der Waals surface area contributed by atoms with Crippen LogP contribution in [-0.4, -0.2) is 28.2 Å². The maximum absolute atomic E-state index is 13.5. The van der Waals surface area contributed by atoms with Gasteiger partial charge >= 0.3 is 6.09 Å². The SMILES string of the molecule is CC(C)CCc1nc(NCC(C)C)cc(N(Cc2cccc3ccccc23)C(=O)OC(C)(C)C)n1. The summed E-state index contributed by atoms with van der Waals surface area (Å²) in [6.07, 6.45) is 1.30. The van der Waals surface area contributed by atoms with Crippen LogP contribution in [0.15, 0.2) is 48.5 Å². The van der Waals surface area contributed by atoms with Crippen molar-refractivity contribution in [1.29, 1.82) is 0 Å². The molecule has 6 nitrogen and oxygen atoms in total. The molecule has 1 N–H and O–H groups in total. The van der Waals surface area contributed by atoms with E-state index >= 15 is 0 Å². The first-order valence-corrected chi connectivity index (χ1v) is 12.6. The number of nitrogens with zero attached hydrogens (tertiary/aromatic N) is 3. The van der Waals surface area contributed by atoms with Crippen LogP contribution in [0.2, 0.25) is 0 Å². The zero-order chi connectivity index (χ0) is 25.6. The quantitative estimate of drug-likeness (QED) is 0.353. The molecule has 0 saturated heterocycles. The molecule has 0 aliphatic rings. The van der Waals surface area contributed by atoms with Crippen molar-refractivity contribution in [2.45, 2.75) is 73.5 Å². The minimum atomic E-state index is -0.625. The highest BCUT2D eigenvalue weighted by Crippen LogP contribution is 2.26. The molecule has 0 spiro atoms. The third-order valence-corrected chi connectivity index (χ3v) is 5.49. The molecule has 1 heterocycles. The summed E-state index contributed by atoms with van der Waals surface area (Å²) in [5.74, 6) is 3.01. The molecule has 0 aliphatic heterocycles. The molecular weight excluding hydrogens is 436 g/mol. The second kappa shape index (κ2) is 11.5. The molecule has 0 bridgehead atoms. The van der Waals surface area contributed by atoms with Crippen molar-refractivity contribution in [3.8, 4) is 0 Å². The molecule has 2 aromatic carbocycles. The number of ether oxygens (including phenoxy) is 1. The number of anilines is 2. The van der Waals surface area contributed by atoms with Crippen LogP contribution >= 0.6 is 0 Å². The highest BCUT2D eigenvalue weighted by molar-refractivity contribution is 5.90. The van der Waals surface area contributed by atoms with Crippen molar-refractivity contribution < 1.29 is 9.53 Å². The van der Waals surface area contributed by atoms with Gasteiger partial charge in [0.2, 0.25) is 0 Å². The molecule has 0 atom stereocenters. The minimum absolute atomic E-state index is 0.348. The second-order valence-corrected chi connectivity index (χ2v) is 10.9.